The second kappa shape index (κ2) is 7.86. The van der Waals surface area contributed by atoms with Gasteiger partial charge in [-0.1, -0.05) is 0 Å². The van der Waals surface area contributed by atoms with E-state index in [1.165, 1.54) is 4.88 Å². The van der Waals surface area contributed by atoms with Crippen LogP contribution in [0, 0.1) is 6.92 Å². The van der Waals surface area contributed by atoms with Crippen LogP contribution in [0.3, 0.4) is 0 Å². The Morgan fingerprint density at radius 3 is 2.81 bits per heavy atom. The number of rotatable bonds is 5. The molecule has 1 N–H and O–H groups in total. The Morgan fingerprint density at radius 2 is 2.08 bits per heavy atom. The van der Waals surface area contributed by atoms with Gasteiger partial charge in [0.15, 0.2) is 0 Å². The zero-order chi connectivity index (χ0) is 17.8. The Balaban J connectivity index is 1.38. The number of anilines is 2. The molecule has 7 nitrogen and oxygen atoms in total. The third-order valence-corrected chi connectivity index (χ3v) is 5.03. The van der Waals surface area contributed by atoms with E-state index in [9.17, 15) is 0 Å². The van der Waals surface area contributed by atoms with Crippen molar-refractivity contribution in [1.82, 2.24) is 24.8 Å². The molecule has 0 amide bonds. The van der Waals surface area contributed by atoms with Crippen LogP contribution in [0.4, 0.5) is 11.6 Å². The summed E-state index contributed by atoms with van der Waals surface area (Å²) in [6.45, 7) is 5.42. The van der Waals surface area contributed by atoms with Gasteiger partial charge in [-0.05, 0) is 25.1 Å². The largest absolute Gasteiger partial charge is 0.369 e. The monoisotopic (exact) mass is 368 g/mol. The number of nitrogens with one attached hydrogen (secondary N) is 1. The first-order valence-electron chi connectivity index (χ1n) is 8.51. The number of morpholine rings is 1. The number of hydrogen-bond acceptors (Lipinski definition) is 8. The standard InChI is InChI=1S/C18H20N6OS/c1-13-21-10-15(26-13)11-24-7-8-25-17(12-24)16-4-3-14(9-22-16)23-18-19-5-2-6-20-18/h2-6,9-10,17H,7-8,11-12H2,1H3,(H,19,20,23)/t17-/m1/s1. The second-order valence-corrected chi connectivity index (χ2v) is 7.43. The van der Waals surface area contributed by atoms with Gasteiger partial charge in [-0.25, -0.2) is 15.0 Å². The summed E-state index contributed by atoms with van der Waals surface area (Å²) in [6.07, 6.45) is 7.15. The molecule has 3 aromatic heterocycles. The van der Waals surface area contributed by atoms with E-state index in [2.05, 4.69) is 30.2 Å². The van der Waals surface area contributed by atoms with E-state index in [1.807, 2.05) is 25.3 Å². The van der Waals surface area contributed by atoms with Gasteiger partial charge in [0.1, 0.15) is 6.10 Å². The average molecular weight is 368 g/mol. The lowest BCUT2D eigenvalue weighted by Gasteiger charge is -2.32. The van der Waals surface area contributed by atoms with Gasteiger partial charge in [-0.15, -0.1) is 11.3 Å². The van der Waals surface area contributed by atoms with Crippen LogP contribution in [0.1, 0.15) is 21.7 Å². The van der Waals surface area contributed by atoms with Gasteiger partial charge < -0.3 is 10.1 Å². The van der Waals surface area contributed by atoms with Crippen LogP contribution >= 0.6 is 11.3 Å². The maximum absolute atomic E-state index is 5.93. The number of aryl methyl sites for hydroxylation is 1. The summed E-state index contributed by atoms with van der Waals surface area (Å²) in [5.74, 6) is 0.557. The molecule has 1 atom stereocenters. The molecule has 0 unspecified atom stereocenters. The molecule has 0 radical (unpaired) electrons. The fraction of sp³-hybridized carbons (Fsp3) is 0.333. The minimum Gasteiger partial charge on any atom is -0.369 e. The first-order valence-corrected chi connectivity index (χ1v) is 9.33. The first kappa shape index (κ1) is 17.0. The third kappa shape index (κ3) is 4.21. The number of aromatic nitrogens is 4. The number of pyridine rings is 1. The number of nitrogens with zero attached hydrogens (tertiary/aromatic N) is 5. The summed E-state index contributed by atoms with van der Waals surface area (Å²) in [5, 5.41) is 4.24. The Hall–Kier alpha value is -2.42. The molecule has 0 spiro atoms. The average Bonchev–Trinajstić information content (AvgIpc) is 3.08. The predicted octanol–water partition coefficient (Wildman–Crippen LogP) is 2.95. The van der Waals surface area contributed by atoms with Crippen molar-refractivity contribution in [3.05, 3.63) is 58.6 Å². The molecule has 4 heterocycles. The SMILES string of the molecule is Cc1ncc(CN2CCO[C@@H](c3ccc(Nc4ncccn4)cn3)C2)s1. The van der Waals surface area contributed by atoms with Crippen LogP contribution in [0.15, 0.2) is 43.0 Å². The molecule has 4 rings (SSSR count). The van der Waals surface area contributed by atoms with Crippen molar-refractivity contribution in [2.24, 2.45) is 0 Å². The maximum atomic E-state index is 5.93. The second-order valence-electron chi connectivity index (χ2n) is 6.11. The van der Waals surface area contributed by atoms with E-state index >= 15 is 0 Å². The molecule has 0 aliphatic carbocycles. The van der Waals surface area contributed by atoms with Crippen LogP contribution in [-0.2, 0) is 11.3 Å². The van der Waals surface area contributed by atoms with Crippen LogP contribution < -0.4 is 5.32 Å². The molecule has 1 saturated heterocycles. The number of hydrogen-bond donors (Lipinski definition) is 1. The summed E-state index contributed by atoms with van der Waals surface area (Å²) in [4.78, 5) is 20.9. The van der Waals surface area contributed by atoms with Crippen LogP contribution in [0.25, 0.3) is 0 Å². The molecule has 3 aromatic rings. The van der Waals surface area contributed by atoms with Gasteiger partial charge >= 0.3 is 0 Å². The van der Waals surface area contributed by atoms with Crippen molar-refractivity contribution in [1.29, 1.82) is 0 Å². The molecular formula is C18H20N6OS. The van der Waals surface area contributed by atoms with Crippen LogP contribution in [0.5, 0.6) is 0 Å². The summed E-state index contributed by atoms with van der Waals surface area (Å²) < 4.78 is 5.93. The topological polar surface area (TPSA) is 76.1 Å². The minimum atomic E-state index is -0.0141. The van der Waals surface area contributed by atoms with Crippen molar-refractivity contribution < 1.29 is 4.74 Å². The van der Waals surface area contributed by atoms with Crippen molar-refractivity contribution >= 4 is 23.0 Å². The lowest BCUT2D eigenvalue weighted by atomic mass is 10.2. The quantitative estimate of drug-likeness (QED) is 0.742. The van der Waals surface area contributed by atoms with Crippen LogP contribution in [-0.4, -0.2) is 44.5 Å². The van der Waals surface area contributed by atoms with E-state index in [0.29, 0.717) is 12.6 Å². The number of thiazole rings is 1. The summed E-state index contributed by atoms with van der Waals surface area (Å²) in [5.41, 5.74) is 1.79. The number of ether oxygens (including phenoxy) is 1. The van der Waals surface area contributed by atoms with Crippen molar-refractivity contribution in [3.8, 4) is 0 Å². The normalized spacial score (nSPS) is 18.0. The van der Waals surface area contributed by atoms with Gasteiger partial charge in [0.2, 0.25) is 5.95 Å². The third-order valence-electron chi connectivity index (χ3n) is 4.14. The zero-order valence-electron chi connectivity index (χ0n) is 14.5. The Morgan fingerprint density at radius 1 is 1.19 bits per heavy atom. The minimum absolute atomic E-state index is 0.0141. The molecular weight excluding hydrogens is 348 g/mol. The van der Waals surface area contributed by atoms with Gasteiger partial charge in [-0.3, -0.25) is 9.88 Å². The van der Waals surface area contributed by atoms with Crippen molar-refractivity contribution in [2.75, 3.05) is 25.0 Å². The molecule has 0 bridgehead atoms. The Bertz CT molecular complexity index is 838. The van der Waals surface area contributed by atoms with E-state index in [4.69, 9.17) is 4.74 Å². The molecule has 1 fully saturated rings. The molecule has 0 saturated carbocycles. The predicted molar refractivity (Wildman–Crippen MR) is 100 cm³/mol. The van der Waals surface area contributed by atoms with Crippen LogP contribution in [0.2, 0.25) is 0 Å². The fourth-order valence-corrected chi connectivity index (χ4v) is 3.72. The molecule has 1 aliphatic rings. The fourth-order valence-electron chi connectivity index (χ4n) is 2.89. The molecule has 134 valence electrons. The van der Waals surface area contributed by atoms with Crippen molar-refractivity contribution in [3.63, 3.8) is 0 Å². The van der Waals surface area contributed by atoms with Gasteiger partial charge in [0, 0.05) is 43.1 Å². The zero-order valence-corrected chi connectivity index (χ0v) is 15.3. The van der Waals surface area contributed by atoms with Gasteiger partial charge in [0.25, 0.3) is 0 Å². The highest BCUT2D eigenvalue weighted by atomic mass is 32.1. The molecule has 26 heavy (non-hydrogen) atoms. The molecule has 8 heteroatoms. The highest BCUT2D eigenvalue weighted by Gasteiger charge is 2.23. The maximum Gasteiger partial charge on any atom is 0.227 e. The summed E-state index contributed by atoms with van der Waals surface area (Å²) in [6, 6.07) is 5.76. The van der Waals surface area contributed by atoms with E-state index in [-0.39, 0.29) is 6.10 Å². The van der Waals surface area contributed by atoms with E-state index < -0.39 is 0 Å². The highest BCUT2D eigenvalue weighted by molar-refractivity contribution is 7.11. The Kier molecular flexibility index (Phi) is 5.14. The molecule has 0 aromatic carbocycles. The van der Waals surface area contributed by atoms with Crippen molar-refractivity contribution in [2.45, 2.75) is 19.6 Å². The highest BCUT2D eigenvalue weighted by Crippen LogP contribution is 2.24. The summed E-state index contributed by atoms with van der Waals surface area (Å²) >= 11 is 1.75. The lowest BCUT2D eigenvalue weighted by Crippen LogP contribution is -2.37. The Labute approximate surface area is 156 Å². The smallest absolute Gasteiger partial charge is 0.227 e. The van der Waals surface area contributed by atoms with Gasteiger partial charge in [-0.2, -0.15) is 0 Å². The first-order chi connectivity index (χ1) is 12.8. The van der Waals surface area contributed by atoms with E-state index in [0.717, 1.165) is 36.0 Å². The lowest BCUT2D eigenvalue weighted by molar-refractivity contribution is -0.0346. The summed E-state index contributed by atoms with van der Waals surface area (Å²) in [7, 11) is 0. The van der Waals surface area contributed by atoms with E-state index in [1.54, 1.807) is 36.0 Å². The molecule has 1 aliphatic heterocycles. The van der Waals surface area contributed by atoms with Gasteiger partial charge in [0.05, 0.1) is 29.2 Å².